The molecular weight excluding hydrogens is 267 g/mol. The standard InChI is InChI=1S/C11H6F3NO4/c12-11(13,14)19-7-3-1-6(2-4-7)8-5-18-15-9(8)10(16)17/h1-5H,(H,16,17). The predicted molar refractivity (Wildman–Crippen MR) is 55.6 cm³/mol. The van der Waals surface area contributed by atoms with Crippen molar-refractivity contribution in [3.63, 3.8) is 0 Å². The highest BCUT2D eigenvalue weighted by Crippen LogP contribution is 2.28. The lowest BCUT2D eigenvalue weighted by molar-refractivity contribution is -0.274. The smallest absolute Gasteiger partial charge is 0.476 e. The molecule has 0 aliphatic carbocycles. The summed E-state index contributed by atoms with van der Waals surface area (Å²) in [6.45, 7) is 0. The highest BCUT2D eigenvalue weighted by Gasteiger charge is 2.31. The van der Waals surface area contributed by atoms with E-state index >= 15 is 0 Å². The van der Waals surface area contributed by atoms with E-state index in [4.69, 9.17) is 5.11 Å². The van der Waals surface area contributed by atoms with Gasteiger partial charge >= 0.3 is 12.3 Å². The lowest BCUT2D eigenvalue weighted by Crippen LogP contribution is -2.16. The number of aromatic nitrogens is 1. The van der Waals surface area contributed by atoms with Crippen LogP contribution in [0.15, 0.2) is 35.1 Å². The Morgan fingerprint density at radius 3 is 2.42 bits per heavy atom. The number of carbonyl (C=O) groups is 1. The minimum atomic E-state index is -4.77. The molecule has 100 valence electrons. The van der Waals surface area contributed by atoms with Crippen LogP contribution in [0, 0.1) is 0 Å². The van der Waals surface area contributed by atoms with Gasteiger partial charge in [-0.15, -0.1) is 13.2 Å². The molecule has 0 saturated carbocycles. The van der Waals surface area contributed by atoms with E-state index in [1.165, 1.54) is 12.1 Å². The quantitative estimate of drug-likeness (QED) is 0.930. The fourth-order valence-electron chi connectivity index (χ4n) is 1.43. The molecule has 2 rings (SSSR count). The number of benzene rings is 1. The number of alkyl halides is 3. The molecule has 1 N–H and O–H groups in total. The molecule has 0 amide bonds. The van der Waals surface area contributed by atoms with Crippen molar-refractivity contribution in [2.24, 2.45) is 0 Å². The summed E-state index contributed by atoms with van der Waals surface area (Å²) in [7, 11) is 0. The number of hydrogen-bond donors (Lipinski definition) is 1. The Morgan fingerprint density at radius 2 is 1.89 bits per heavy atom. The molecule has 0 saturated heterocycles. The maximum atomic E-state index is 12.0. The summed E-state index contributed by atoms with van der Waals surface area (Å²) in [6, 6.07) is 4.70. The second-order valence-corrected chi connectivity index (χ2v) is 3.45. The first-order chi connectivity index (χ1) is 8.87. The molecule has 1 heterocycles. The zero-order chi connectivity index (χ0) is 14.0. The Balaban J connectivity index is 2.28. The van der Waals surface area contributed by atoms with Crippen LogP contribution in [0.3, 0.4) is 0 Å². The number of rotatable bonds is 3. The second-order valence-electron chi connectivity index (χ2n) is 3.45. The summed E-state index contributed by atoms with van der Waals surface area (Å²) >= 11 is 0. The number of carboxylic acids is 1. The van der Waals surface area contributed by atoms with Gasteiger partial charge in [0, 0.05) is 0 Å². The SMILES string of the molecule is O=C(O)c1nocc1-c1ccc(OC(F)(F)F)cc1. The van der Waals surface area contributed by atoms with Gasteiger partial charge in [0.2, 0.25) is 0 Å². The van der Waals surface area contributed by atoms with Crippen LogP contribution in [0.4, 0.5) is 13.2 Å². The highest BCUT2D eigenvalue weighted by atomic mass is 19.4. The molecule has 0 fully saturated rings. The predicted octanol–water partition coefficient (Wildman–Crippen LogP) is 2.94. The molecule has 5 nitrogen and oxygen atoms in total. The van der Waals surface area contributed by atoms with Crippen molar-refractivity contribution in [2.45, 2.75) is 6.36 Å². The molecule has 0 aliphatic rings. The molecule has 8 heteroatoms. The van der Waals surface area contributed by atoms with Gasteiger partial charge in [-0.05, 0) is 17.7 Å². The fourth-order valence-corrected chi connectivity index (χ4v) is 1.43. The molecule has 1 aromatic heterocycles. The van der Waals surface area contributed by atoms with E-state index in [9.17, 15) is 18.0 Å². The van der Waals surface area contributed by atoms with Gasteiger partial charge in [-0.3, -0.25) is 0 Å². The van der Waals surface area contributed by atoms with Crippen molar-refractivity contribution in [3.8, 4) is 16.9 Å². The third kappa shape index (κ3) is 3.03. The van der Waals surface area contributed by atoms with Crippen molar-refractivity contribution in [3.05, 3.63) is 36.2 Å². The van der Waals surface area contributed by atoms with E-state index in [1.54, 1.807) is 0 Å². The highest BCUT2D eigenvalue weighted by molar-refractivity contribution is 5.93. The van der Waals surface area contributed by atoms with Crippen molar-refractivity contribution < 1.29 is 32.3 Å². The maximum Gasteiger partial charge on any atom is 0.573 e. The summed E-state index contributed by atoms with van der Waals surface area (Å²) in [5, 5.41) is 12.1. The van der Waals surface area contributed by atoms with Crippen LogP contribution in [0.25, 0.3) is 11.1 Å². The third-order valence-corrected chi connectivity index (χ3v) is 2.17. The van der Waals surface area contributed by atoms with Gasteiger partial charge in [0.25, 0.3) is 0 Å². The van der Waals surface area contributed by atoms with E-state index in [1.807, 2.05) is 0 Å². The fraction of sp³-hybridized carbons (Fsp3) is 0.0909. The Bertz CT molecular complexity index is 589. The van der Waals surface area contributed by atoms with Crippen LogP contribution in [0.1, 0.15) is 10.5 Å². The van der Waals surface area contributed by atoms with Crippen LogP contribution in [0.5, 0.6) is 5.75 Å². The normalized spacial score (nSPS) is 11.3. The molecule has 19 heavy (non-hydrogen) atoms. The Morgan fingerprint density at radius 1 is 1.26 bits per heavy atom. The lowest BCUT2D eigenvalue weighted by Gasteiger charge is -2.08. The number of hydrogen-bond acceptors (Lipinski definition) is 4. The average Bonchev–Trinajstić information content (AvgIpc) is 2.76. The van der Waals surface area contributed by atoms with Crippen LogP contribution < -0.4 is 4.74 Å². The van der Waals surface area contributed by atoms with Crippen molar-refractivity contribution >= 4 is 5.97 Å². The summed E-state index contributed by atoms with van der Waals surface area (Å²) in [5.41, 5.74) is 0.212. The van der Waals surface area contributed by atoms with E-state index in [-0.39, 0.29) is 11.3 Å². The second kappa shape index (κ2) is 4.63. The number of halogens is 3. The molecule has 0 aliphatic heterocycles. The minimum Gasteiger partial charge on any atom is -0.476 e. The Labute approximate surface area is 104 Å². The maximum absolute atomic E-state index is 12.0. The minimum absolute atomic E-state index is 0.172. The van der Waals surface area contributed by atoms with Crippen molar-refractivity contribution in [2.75, 3.05) is 0 Å². The molecule has 0 atom stereocenters. The Kier molecular flexibility index (Phi) is 3.16. The van der Waals surface area contributed by atoms with E-state index in [0.29, 0.717) is 5.56 Å². The summed E-state index contributed by atoms with van der Waals surface area (Å²) in [5.74, 6) is -1.69. The summed E-state index contributed by atoms with van der Waals surface area (Å²) in [6.07, 6.45) is -3.67. The molecule has 0 unspecified atom stereocenters. The number of ether oxygens (including phenoxy) is 1. The van der Waals surface area contributed by atoms with Gasteiger partial charge in [-0.2, -0.15) is 0 Å². The monoisotopic (exact) mass is 273 g/mol. The van der Waals surface area contributed by atoms with Crippen LogP contribution >= 0.6 is 0 Å². The largest absolute Gasteiger partial charge is 0.573 e. The van der Waals surface area contributed by atoms with E-state index in [0.717, 1.165) is 18.4 Å². The van der Waals surface area contributed by atoms with Crippen LogP contribution in [-0.4, -0.2) is 22.6 Å². The topological polar surface area (TPSA) is 72.6 Å². The number of nitrogens with zero attached hydrogens (tertiary/aromatic N) is 1. The molecule has 2 aromatic rings. The number of carboxylic acid groups (broad SMARTS) is 1. The first-order valence-corrected chi connectivity index (χ1v) is 4.90. The zero-order valence-electron chi connectivity index (χ0n) is 9.14. The third-order valence-electron chi connectivity index (χ3n) is 2.17. The summed E-state index contributed by atoms with van der Waals surface area (Å²) in [4.78, 5) is 10.8. The molecular formula is C11H6F3NO4. The van der Waals surface area contributed by atoms with Crippen LogP contribution in [-0.2, 0) is 0 Å². The van der Waals surface area contributed by atoms with E-state index in [2.05, 4.69) is 14.4 Å². The summed E-state index contributed by atoms with van der Waals surface area (Å²) < 4.78 is 44.1. The molecule has 0 radical (unpaired) electrons. The van der Waals surface area contributed by atoms with Crippen molar-refractivity contribution in [1.82, 2.24) is 5.16 Å². The lowest BCUT2D eigenvalue weighted by atomic mass is 10.1. The van der Waals surface area contributed by atoms with Crippen molar-refractivity contribution in [1.29, 1.82) is 0 Å². The van der Waals surface area contributed by atoms with Gasteiger partial charge in [-0.1, -0.05) is 17.3 Å². The molecule has 0 bridgehead atoms. The van der Waals surface area contributed by atoms with Gasteiger partial charge in [0.1, 0.15) is 12.0 Å². The van der Waals surface area contributed by atoms with Crippen LogP contribution in [0.2, 0.25) is 0 Å². The van der Waals surface area contributed by atoms with E-state index < -0.39 is 18.1 Å². The van der Waals surface area contributed by atoms with Gasteiger partial charge in [0.15, 0.2) is 5.69 Å². The zero-order valence-corrected chi connectivity index (χ0v) is 9.14. The number of aromatic carboxylic acids is 1. The Hall–Kier alpha value is -2.51. The van der Waals surface area contributed by atoms with Gasteiger partial charge < -0.3 is 14.4 Å². The average molecular weight is 273 g/mol. The van der Waals surface area contributed by atoms with Gasteiger partial charge in [-0.25, -0.2) is 4.79 Å². The first kappa shape index (κ1) is 12.9. The molecule has 0 spiro atoms. The molecule has 1 aromatic carbocycles. The van der Waals surface area contributed by atoms with Gasteiger partial charge in [0.05, 0.1) is 5.56 Å². The first-order valence-electron chi connectivity index (χ1n) is 4.90.